The lowest BCUT2D eigenvalue weighted by Crippen LogP contribution is -2.40. The van der Waals surface area contributed by atoms with Gasteiger partial charge >= 0.3 is 0 Å². The molecule has 1 aromatic heterocycles. The summed E-state index contributed by atoms with van der Waals surface area (Å²) in [6, 6.07) is 4.93. The van der Waals surface area contributed by atoms with Gasteiger partial charge in [0, 0.05) is 51.5 Å². The third-order valence-electron chi connectivity index (χ3n) is 5.96. The summed E-state index contributed by atoms with van der Waals surface area (Å²) in [5.74, 6) is -0.459. The second-order valence-electron chi connectivity index (χ2n) is 8.44. The lowest BCUT2D eigenvalue weighted by Gasteiger charge is -2.20. The number of phenolic OH excluding ortho intramolecular Hbond substituents is 1. The molecule has 5 N–H and O–H groups in total. The Morgan fingerprint density at radius 3 is 2.66 bits per heavy atom. The lowest BCUT2D eigenvalue weighted by molar-refractivity contribution is -0.133. The van der Waals surface area contributed by atoms with Crippen LogP contribution in [0.15, 0.2) is 41.9 Å². The number of aliphatic hydroxyl groups is 1. The molecule has 0 amide bonds. The Bertz CT molecular complexity index is 961. The molecule has 2 atom stereocenters. The Labute approximate surface area is 206 Å². The van der Waals surface area contributed by atoms with Crippen molar-refractivity contribution in [3.8, 4) is 11.5 Å². The van der Waals surface area contributed by atoms with Crippen molar-refractivity contribution < 1.29 is 24.5 Å². The highest BCUT2D eigenvalue weighted by Crippen LogP contribution is 2.27. The summed E-state index contributed by atoms with van der Waals surface area (Å²) in [6.45, 7) is 0.518. The molecule has 1 aromatic carbocycles. The van der Waals surface area contributed by atoms with E-state index in [-0.39, 0.29) is 49.2 Å². The second-order valence-corrected chi connectivity index (χ2v) is 8.44. The number of aromatic nitrogens is 2. The number of guanidine groups is 1. The molecule has 0 aliphatic rings. The predicted molar refractivity (Wildman–Crippen MR) is 133 cm³/mol. The first-order chi connectivity index (χ1) is 16.9. The molecule has 2 aromatic rings. The van der Waals surface area contributed by atoms with Crippen LogP contribution in [0.1, 0.15) is 44.1 Å². The van der Waals surface area contributed by atoms with Crippen LogP contribution in [0.2, 0.25) is 0 Å². The molecule has 0 saturated heterocycles. The van der Waals surface area contributed by atoms with E-state index in [1.807, 2.05) is 10.8 Å². The minimum atomic E-state index is -0.821. The summed E-state index contributed by atoms with van der Waals surface area (Å²) >= 11 is 0. The van der Waals surface area contributed by atoms with E-state index in [0.29, 0.717) is 31.0 Å². The number of hydrogen-bond acceptors (Lipinski definition) is 7. The van der Waals surface area contributed by atoms with Gasteiger partial charge in [-0.15, -0.1) is 0 Å². The Morgan fingerprint density at radius 2 is 2.00 bits per heavy atom. The number of ether oxygens (including phenoxy) is 1. The van der Waals surface area contributed by atoms with Gasteiger partial charge in [0.1, 0.15) is 11.6 Å². The summed E-state index contributed by atoms with van der Waals surface area (Å²) in [6.07, 6.45) is 8.35. The number of carbonyl (C=O) groups is 2. The molecule has 2 rings (SSSR count). The minimum absolute atomic E-state index is 0.0189. The van der Waals surface area contributed by atoms with Gasteiger partial charge < -0.3 is 30.6 Å². The SMILES string of the molecule is CN=C(N)NC(CCCC(=O)C(CCO)C(=O)CCc1ccc(O)c(OC)c1)CCn1ccnc1. The maximum absolute atomic E-state index is 12.9. The van der Waals surface area contributed by atoms with Gasteiger partial charge in [0.2, 0.25) is 0 Å². The zero-order chi connectivity index (χ0) is 25.6. The van der Waals surface area contributed by atoms with Crippen LogP contribution >= 0.6 is 0 Å². The van der Waals surface area contributed by atoms with Crippen LogP contribution in [0.25, 0.3) is 0 Å². The van der Waals surface area contributed by atoms with Gasteiger partial charge in [-0.3, -0.25) is 14.6 Å². The fourth-order valence-corrected chi connectivity index (χ4v) is 3.93. The summed E-state index contributed by atoms with van der Waals surface area (Å²) in [4.78, 5) is 33.7. The number of imidazole rings is 1. The third kappa shape index (κ3) is 9.40. The van der Waals surface area contributed by atoms with E-state index in [0.717, 1.165) is 18.5 Å². The number of Topliss-reactive ketones (excluding diaryl/α,β-unsaturated/α-hetero) is 2. The highest BCUT2D eigenvalue weighted by atomic mass is 16.5. The molecule has 0 spiro atoms. The molecule has 10 heteroatoms. The Balaban J connectivity index is 1.89. The average molecular weight is 488 g/mol. The molecule has 2 unspecified atom stereocenters. The molecular formula is C25H37N5O5. The molecule has 192 valence electrons. The van der Waals surface area contributed by atoms with E-state index in [2.05, 4.69) is 15.3 Å². The minimum Gasteiger partial charge on any atom is -0.504 e. The number of aromatic hydroxyl groups is 1. The maximum Gasteiger partial charge on any atom is 0.188 e. The van der Waals surface area contributed by atoms with Crippen LogP contribution in [0, 0.1) is 5.92 Å². The van der Waals surface area contributed by atoms with Gasteiger partial charge in [-0.25, -0.2) is 4.98 Å². The molecule has 1 heterocycles. The second kappa shape index (κ2) is 14.8. The number of aliphatic hydroxyl groups excluding tert-OH is 1. The number of nitrogens with one attached hydrogen (secondary N) is 1. The summed E-state index contributed by atoms with van der Waals surface area (Å²) < 4.78 is 7.07. The zero-order valence-corrected chi connectivity index (χ0v) is 20.5. The van der Waals surface area contributed by atoms with Crippen LogP contribution in [0.4, 0.5) is 0 Å². The average Bonchev–Trinajstić information content (AvgIpc) is 3.38. The number of rotatable bonds is 16. The quantitative estimate of drug-likeness (QED) is 0.159. The Morgan fingerprint density at radius 1 is 1.23 bits per heavy atom. The summed E-state index contributed by atoms with van der Waals surface area (Å²) in [5.41, 5.74) is 6.67. The van der Waals surface area contributed by atoms with E-state index in [9.17, 15) is 19.8 Å². The molecule has 0 saturated carbocycles. The van der Waals surface area contributed by atoms with E-state index < -0.39 is 5.92 Å². The normalized spacial score (nSPS) is 13.3. The first kappa shape index (κ1) is 27.8. The maximum atomic E-state index is 12.9. The first-order valence-electron chi connectivity index (χ1n) is 11.8. The monoisotopic (exact) mass is 487 g/mol. The smallest absolute Gasteiger partial charge is 0.188 e. The van der Waals surface area contributed by atoms with Gasteiger partial charge in [-0.1, -0.05) is 6.07 Å². The number of carbonyl (C=O) groups excluding carboxylic acids is 2. The molecular weight excluding hydrogens is 450 g/mol. The van der Waals surface area contributed by atoms with Gasteiger partial charge in [-0.2, -0.15) is 0 Å². The van der Waals surface area contributed by atoms with Crippen LogP contribution in [-0.4, -0.2) is 64.1 Å². The van der Waals surface area contributed by atoms with Crippen molar-refractivity contribution in [1.82, 2.24) is 14.9 Å². The number of nitrogens with two attached hydrogens (primary N) is 1. The van der Waals surface area contributed by atoms with Gasteiger partial charge in [0.05, 0.1) is 19.4 Å². The lowest BCUT2D eigenvalue weighted by atomic mass is 9.89. The molecule has 10 nitrogen and oxygen atoms in total. The van der Waals surface area contributed by atoms with Crippen LogP contribution < -0.4 is 15.8 Å². The summed E-state index contributed by atoms with van der Waals surface area (Å²) in [5, 5.41) is 22.3. The number of nitrogens with zero attached hydrogens (tertiary/aromatic N) is 3. The molecule has 0 fully saturated rings. The number of hydrogen-bond donors (Lipinski definition) is 4. The number of methoxy groups -OCH3 is 1. The number of aryl methyl sites for hydroxylation is 2. The molecule has 0 aliphatic heterocycles. The molecule has 0 aliphatic carbocycles. The van der Waals surface area contributed by atoms with Crippen molar-refractivity contribution in [3.05, 3.63) is 42.5 Å². The highest BCUT2D eigenvalue weighted by molar-refractivity contribution is 6.02. The fraction of sp³-hybridized carbons (Fsp3) is 0.520. The van der Waals surface area contributed by atoms with Crippen molar-refractivity contribution >= 4 is 17.5 Å². The van der Waals surface area contributed by atoms with E-state index in [4.69, 9.17) is 10.5 Å². The van der Waals surface area contributed by atoms with Crippen molar-refractivity contribution in [2.45, 2.75) is 57.5 Å². The third-order valence-corrected chi connectivity index (χ3v) is 5.96. The fourth-order valence-electron chi connectivity index (χ4n) is 3.93. The Kier molecular flexibility index (Phi) is 11.8. The zero-order valence-electron chi connectivity index (χ0n) is 20.5. The van der Waals surface area contributed by atoms with Crippen LogP contribution in [-0.2, 0) is 22.6 Å². The van der Waals surface area contributed by atoms with Gasteiger partial charge in [0.15, 0.2) is 17.5 Å². The van der Waals surface area contributed by atoms with Crippen LogP contribution in [0.3, 0.4) is 0 Å². The number of benzene rings is 1. The standard InChI is InChI=1S/C25H37N5O5/c1-27-25(26)29-19(10-13-30-14-12-28-17-30)4-3-5-21(32)20(11-15-31)22(33)8-6-18-7-9-23(34)24(16-18)35-2/h7,9,12,14,16-17,19-20,31,34H,3-6,8,10-11,13,15H2,1-2H3,(H3,26,27,29). The van der Waals surface area contributed by atoms with Crippen LogP contribution in [0.5, 0.6) is 11.5 Å². The molecule has 35 heavy (non-hydrogen) atoms. The first-order valence-corrected chi connectivity index (χ1v) is 11.8. The molecule has 0 radical (unpaired) electrons. The van der Waals surface area contributed by atoms with Gasteiger partial charge in [-0.05, 0) is 49.8 Å². The van der Waals surface area contributed by atoms with Crippen molar-refractivity contribution in [2.75, 3.05) is 20.8 Å². The molecule has 0 bridgehead atoms. The van der Waals surface area contributed by atoms with Crippen molar-refractivity contribution in [2.24, 2.45) is 16.6 Å². The van der Waals surface area contributed by atoms with E-state index in [1.165, 1.54) is 13.2 Å². The number of ketones is 2. The number of aliphatic imine (C=N–C) groups is 1. The topological polar surface area (TPSA) is 152 Å². The highest BCUT2D eigenvalue weighted by Gasteiger charge is 2.25. The Hall–Kier alpha value is -3.40. The predicted octanol–water partition coefficient (Wildman–Crippen LogP) is 1.83. The van der Waals surface area contributed by atoms with Gasteiger partial charge in [0.25, 0.3) is 0 Å². The summed E-state index contributed by atoms with van der Waals surface area (Å²) in [7, 11) is 3.07. The van der Waals surface area contributed by atoms with Crippen molar-refractivity contribution in [3.63, 3.8) is 0 Å². The number of phenols is 1. The largest absolute Gasteiger partial charge is 0.504 e. The van der Waals surface area contributed by atoms with E-state index in [1.54, 1.807) is 31.7 Å². The van der Waals surface area contributed by atoms with Crippen molar-refractivity contribution in [1.29, 1.82) is 0 Å². The van der Waals surface area contributed by atoms with E-state index >= 15 is 0 Å².